The SMILES string of the molecule is COC(=O)CNC(=O)c1ccncc1O. The summed E-state index contributed by atoms with van der Waals surface area (Å²) in [6.07, 6.45) is 2.51. The maximum Gasteiger partial charge on any atom is 0.325 e. The smallest absolute Gasteiger partial charge is 0.325 e. The van der Waals surface area contributed by atoms with Crippen molar-refractivity contribution in [2.24, 2.45) is 0 Å². The molecule has 0 aliphatic heterocycles. The summed E-state index contributed by atoms with van der Waals surface area (Å²) in [7, 11) is 1.22. The highest BCUT2D eigenvalue weighted by Gasteiger charge is 2.11. The molecule has 15 heavy (non-hydrogen) atoms. The van der Waals surface area contributed by atoms with Crippen molar-refractivity contribution in [2.45, 2.75) is 0 Å². The second kappa shape index (κ2) is 4.94. The fourth-order valence-electron chi connectivity index (χ4n) is 0.898. The van der Waals surface area contributed by atoms with Gasteiger partial charge in [-0.15, -0.1) is 0 Å². The maximum atomic E-state index is 11.4. The Balaban J connectivity index is 2.62. The minimum atomic E-state index is -0.558. The van der Waals surface area contributed by atoms with Gasteiger partial charge in [-0.05, 0) is 6.07 Å². The molecule has 1 rings (SSSR count). The summed E-state index contributed by atoms with van der Waals surface area (Å²) in [6, 6.07) is 1.35. The molecule has 1 heterocycles. The summed E-state index contributed by atoms with van der Waals surface area (Å²) >= 11 is 0. The number of ether oxygens (including phenoxy) is 1. The molecule has 0 spiro atoms. The van der Waals surface area contributed by atoms with Gasteiger partial charge < -0.3 is 15.2 Å². The molecule has 0 radical (unpaired) electrons. The van der Waals surface area contributed by atoms with Crippen molar-refractivity contribution in [3.05, 3.63) is 24.0 Å². The highest BCUT2D eigenvalue weighted by molar-refractivity contribution is 5.97. The zero-order valence-corrected chi connectivity index (χ0v) is 8.06. The monoisotopic (exact) mass is 210 g/mol. The van der Waals surface area contributed by atoms with Crippen molar-refractivity contribution in [3.63, 3.8) is 0 Å². The van der Waals surface area contributed by atoms with Crippen LogP contribution in [0.3, 0.4) is 0 Å². The van der Waals surface area contributed by atoms with E-state index in [9.17, 15) is 14.7 Å². The lowest BCUT2D eigenvalue weighted by molar-refractivity contribution is -0.139. The standard InChI is InChI=1S/C9H10N2O4/c1-15-8(13)5-11-9(14)6-2-3-10-4-7(6)12/h2-4,12H,5H2,1H3,(H,11,14). The lowest BCUT2D eigenvalue weighted by Gasteiger charge is -2.04. The van der Waals surface area contributed by atoms with Crippen molar-refractivity contribution < 1.29 is 19.4 Å². The number of hydrogen-bond acceptors (Lipinski definition) is 5. The molecule has 6 heteroatoms. The van der Waals surface area contributed by atoms with Gasteiger partial charge in [-0.3, -0.25) is 14.6 Å². The van der Waals surface area contributed by atoms with Crippen molar-refractivity contribution in [1.82, 2.24) is 10.3 Å². The van der Waals surface area contributed by atoms with Gasteiger partial charge in [0.15, 0.2) is 0 Å². The number of hydrogen-bond donors (Lipinski definition) is 2. The van der Waals surface area contributed by atoms with Gasteiger partial charge >= 0.3 is 5.97 Å². The number of amides is 1. The molecule has 1 aromatic heterocycles. The number of aromatic hydroxyl groups is 1. The Morgan fingerprint density at radius 1 is 1.60 bits per heavy atom. The number of nitrogens with zero attached hydrogens (tertiary/aromatic N) is 1. The van der Waals surface area contributed by atoms with Crippen LogP contribution in [-0.2, 0) is 9.53 Å². The second-order valence-corrected chi connectivity index (χ2v) is 2.65. The molecule has 80 valence electrons. The molecule has 2 N–H and O–H groups in total. The van der Waals surface area contributed by atoms with Crippen LogP contribution in [0.4, 0.5) is 0 Å². The van der Waals surface area contributed by atoms with Gasteiger partial charge in [0.25, 0.3) is 5.91 Å². The molecule has 0 aliphatic rings. The first-order chi connectivity index (χ1) is 7.15. The molecule has 0 aliphatic carbocycles. The zero-order chi connectivity index (χ0) is 11.3. The molecule has 1 amide bonds. The molecule has 0 aromatic carbocycles. The first-order valence-corrected chi connectivity index (χ1v) is 4.13. The average molecular weight is 210 g/mol. The summed E-state index contributed by atoms with van der Waals surface area (Å²) in [5, 5.41) is 11.6. The van der Waals surface area contributed by atoms with Crippen LogP contribution in [0.15, 0.2) is 18.5 Å². The van der Waals surface area contributed by atoms with Crippen molar-refractivity contribution in [1.29, 1.82) is 0 Å². The molecule has 0 atom stereocenters. The summed E-state index contributed by atoms with van der Waals surface area (Å²) in [5.41, 5.74) is 0.0638. The largest absolute Gasteiger partial charge is 0.505 e. The molecule has 0 unspecified atom stereocenters. The minimum absolute atomic E-state index is 0.0638. The van der Waals surface area contributed by atoms with Crippen molar-refractivity contribution in [2.75, 3.05) is 13.7 Å². The number of esters is 1. The number of methoxy groups -OCH3 is 1. The van der Waals surface area contributed by atoms with E-state index in [0.29, 0.717) is 0 Å². The Labute approximate surface area is 85.9 Å². The molecule has 0 saturated carbocycles. The quantitative estimate of drug-likeness (QED) is 0.668. The third-order valence-electron chi connectivity index (χ3n) is 1.67. The van der Waals surface area contributed by atoms with Crippen LogP contribution in [0, 0.1) is 0 Å². The van der Waals surface area contributed by atoms with Crippen LogP contribution in [0.1, 0.15) is 10.4 Å². The van der Waals surface area contributed by atoms with E-state index in [-0.39, 0.29) is 17.9 Å². The highest BCUT2D eigenvalue weighted by Crippen LogP contribution is 2.12. The molecule has 1 aromatic rings. The molecule has 6 nitrogen and oxygen atoms in total. The number of carbonyl (C=O) groups excluding carboxylic acids is 2. The number of aromatic nitrogens is 1. The van der Waals surface area contributed by atoms with Gasteiger partial charge in [-0.2, -0.15) is 0 Å². The fraction of sp³-hybridized carbons (Fsp3) is 0.222. The van der Waals surface area contributed by atoms with Gasteiger partial charge in [0.05, 0.1) is 18.9 Å². The number of rotatable bonds is 3. The van der Waals surface area contributed by atoms with Gasteiger partial charge in [0.1, 0.15) is 12.3 Å². The van der Waals surface area contributed by atoms with E-state index in [1.165, 1.54) is 19.4 Å². The Kier molecular flexibility index (Phi) is 3.61. The van der Waals surface area contributed by atoms with Crippen LogP contribution in [0.5, 0.6) is 5.75 Å². The van der Waals surface area contributed by atoms with E-state index in [0.717, 1.165) is 6.20 Å². The summed E-state index contributed by atoms with van der Waals surface area (Å²) in [4.78, 5) is 25.7. The van der Waals surface area contributed by atoms with E-state index in [1.807, 2.05) is 0 Å². The predicted octanol–water partition coefficient (Wildman–Crippen LogP) is -0.310. The number of carbonyl (C=O) groups is 2. The Hall–Kier alpha value is -2.11. The zero-order valence-electron chi connectivity index (χ0n) is 8.06. The van der Waals surface area contributed by atoms with Gasteiger partial charge in [-0.1, -0.05) is 0 Å². The molecular formula is C9H10N2O4. The Morgan fingerprint density at radius 3 is 2.93 bits per heavy atom. The van der Waals surface area contributed by atoms with Crippen LogP contribution < -0.4 is 5.32 Å². The lowest BCUT2D eigenvalue weighted by atomic mass is 10.2. The van der Waals surface area contributed by atoms with Gasteiger partial charge in [0, 0.05) is 6.20 Å². The highest BCUT2D eigenvalue weighted by atomic mass is 16.5. The molecule has 0 bridgehead atoms. The van der Waals surface area contributed by atoms with E-state index < -0.39 is 11.9 Å². The van der Waals surface area contributed by atoms with Gasteiger partial charge in [0.2, 0.25) is 0 Å². The third-order valence-corrected chi connectivity index (χ3v) is 1.67. The predicted molar refractivity (Wildman–Crippen MR) is 50.3 cm³/mol. The van der Waals surface area contributed by atoms with E-state index in [2.05, 4.69) is 15.0 Å². The second-order valence-electron chi connectivity index (χ2n) is 2.65. The van der Waals surface area contributed by atoms with Crippen LogP contribution in [0.2, 0.25) is 0 Å². The number of pyridine rings is 1. The van der Waals surface area contributed by atoms with Crippen molar-refractivity contribution >= 4 is 11.9 Å². The molecule has 0 fully saturated rings. The average Bonchev–Trinajstić information content (AvgIpc) is 2.26. The fourth-order valence-corrected chi connectivity index (χ4v) is 0.898. The first-order valence-electron chi connectivity index (χ1n) is 4.13. The summed E-state index contributed by atoms with van der Waals surface area (Å²) in [6.45, 7) is -0.239. The van der Waals surface area contributed by atoms with E-state index in [4.69, 9.17) is 0 Å². The molecule has 0 saturated heterocycles. The van der Waals surface area contributed by atoms with E-state index >= 15 is 0 Å². The Bertz CT molecular complexity index is 378. The molecular weight excluding hydrogens is 200 g/mol. The maximum absolute atomic E-state index is 11.4. The van der Waals surface area contributed by atoms with Crippen LogP contribution in [-0.4, -0.2) is 35.6 Å². The topological polar surface area (TPSA) is 88.5 Å². The van der Waals surface area contributed by atoms with Crippen molar-refractivity contribution in [3.8, 4) is 5.75 Å². The third kappa shape index (κ3) is 2.94. The normalized spacial score (nSPS) is 9.40. The van der Waals surface area contributed by atoms with Gasteiger partial charge in [-0.25, -0.2) is 0 Å². The minimum Gasteiger partial charge on any atom is -0.505 e. The van der Waals surface area contributed by atoms with Crippen LogP contribution >= 0.6 is 0 Å². The lowest BCUT2D eigenvalue weighted by Crippen LogP contribution is -2.30. The Morgan fingerprint density at radius 2 is 2.33 bits per heavy atom. The van der Waals surface area contributed by atoms with Crippen LogP contribution in [0.25, 0.3) is 0 Å². The summed E-state index contributed by atoms with van der Waals surface area (Å²) in [5.74, 6) is -1.35. The number of nitrogens with one attached hydrogen (secondary N) is 1. The first kappa shape index (κ1) is 11.0. The summed E-state index contributed by atoms with van der Waals surface area (Å²) < 4.78 is 4.34. The van der Waals surface area contributed by atoms with E-state index in [1.54, 1.807) is 0 Å².